The molecule has 0 aromatic heterocycles. The van der Waals surface area contributed by atoms with Gasteiger partial charge in [0.1, 0.15) is 11.6 Å². The van der Waals surface area contributed by atoms with Crippen molar-refractivity contribution < 1.29 is 9.13 Å². The summed E-state index contributed by atoms with van der Waals surface area (Å²) in [6, 6.07) is 4.90. The summed E-state index contributed by atoms with van der Waals surface area (Å²) in [5, 5.41) is 0. The molecule has 74 valence electrons. The number of ether oxygens (including phenoxy) is 1. The molecule has 0 bridgehead atoms. The number of hydrogen-bond acceptors (Lipinski definition) is 2. The highest BCUT2D eigenvalue weighted by Crippen LogP contribution is 2.54. The molecular weight excluding hydrogens is 181 g/mol. The molecule has 1 spiro atoms. The maximum absolute atomic E-state index is 13.1. The van der Waals surface area contributed by atoms with E-state index in [4.69, 9.17) is 10.5 Å². The number of rotatable bonds is 0. The van der Waals surface area contributed by atoms with Gasteiger partial charge >= 0.3 is 0 Å². The van der Waals surface area contributed by atoms with Crippen molar-refractivity contribution in [3.8, 4) is 5.75 Å². The number of fused-ring (bicyclic) bond motifs is 2. The Bertz CT molecular complexity index is 393. The van der Waals surface area contributed by atoms with Crippen molar-refractivity contribution in [3.05, 3.63) is 29.6 Å². The molecule has 2 atom stereocenters. The minimum Gasteiger partial charge on any atom is -0.493 e. The fourth-order valence-electron chi connectivity index (χ4n) is 2.43. The molecule has 2 aliphatic rings. The quantitative estimate of drug-likeness (QED) is 0.679. The second-order valence-corrected chi connectivity index (χ2v) is 4.21. The maximum atomic E-state index is 13.1. The Morgan fingerprint density at radius 2 is 2.29 bits per heavy atom. The van der Waals surface area contributed by atoms with Gasteiger partial charge in [-0.05, 0) is 31.0 Å². The van der Waals surface area contributed by atoms with Crippen molar-refractivity contribution in [1.82, 2.24) is 0 Å². The Kier molecular flexibility index (Phi) is 1.46. The van der Waals surface area contributed by atoms with Crippen LogP contribution in [0.3, 0.4) is 0 Å². The summed E-state index contributed by atoms with van der Waals surface area (Å²) in [6.45, 7) is 0.701. The van der Waals surface area contributed by atoms with Gasteiger partial charge < -0.3 is 10.5 Å². The molecule has 1 heterocycles. The van der Waals surface area contributed by atoms with Crippen molar-refractivity contribution in [1.29, 1.82) is 0 Å². The average molecular weight is 193 g/mol. The molecule has 1 aliphatic heterocycles. The first-order chi connectivity index (χ1) is 6.72. The van der Waals surface area contributed by atoms with Gasteiger partial charge in [0.2, 0.25) is 0 Å². The highest BCUT2D eigenvalue weighted by atomic mass is 19.1. The van der Waals surface area contributed by atoms with Crippen LogP contribution in [0.1, 0.15) is 18.4 Å². The lowest BCUT2D eigenvalue weighted by molar-refractivity contribution is 0.257. The van der Waals surface area contributed by atoms with Gasteiger partial charge in [0.15, 0.2) is 0 Å². The first-order valence-electron chi connectivity index (χ1n) is 4.91. The number of nitrogens with two attached hydrogens (primary N) is 1. The molecule has 1 fully saturated rings. The normalized spacial score (nSPS) is 33.7. The van der Waals surface area contributed by atoms with Crippen LogP contribution in [0.5, 0.6) is 5.75 Å². The lowest BCUT2D eigenvalue weighted by Gasteiger charge is -2.26. The number of hydrogen-bond donors (Lipinski definition) is 1. The van der Waals surface area contributed by atoms with Gasteiger partial charge in [0.25, 0.3) is 0 Å². The minimum absolute atomic E-state index is 0.0235. The Morgan fingerprint density at radius 1 is 1.50 bits per heavy atom. The fourth-order valence-corrected chi connectivity index (χ4v) is 2.43. The summed E-state index contributed by atoms with van der Waals surface area (Å²) in [7, 11) is 0. The van der Waals surface area contributed by atoms with Gasteiger partial charge in [-0.1, -0.05) is 0 Å². The van der Waals surface area contributed by atoms with Gasteiger partial charge in [-0.15, -0.1) is 0 Å². The molecule has 1 aromatic rings. The molecule has 1 aromatic carbocycles. The van der Waals surface area contributed by atoms with Gasteiger partial charge in [0, 0.05) is 17.0 Å². The Labute approximate surface area is 81.9 Å². The number of benzene rings is 1. The van der Waals surface area contributed by atoms with Crippen LogP contribution < -0.4 is 10.5 Å². The third-order valence-corrected chi connectivity index (χ3v) is 3.42. The Hall–Kier alpha value is -1.09. The van der Waals surface area contributed by atoms with E-state index in [1.54, 1.807) is 12.1 Å². The van der Waals surface area contributed by atoms with Crippen molar-refractivity contribution in [2.24, 2.45) is 5.73 Å². The predicted molar refractivity (Wildman–Crippen MR) is 50.8 cm³/mol. The van der Waals surface area contributed by atoms with E-state index in [0.717, 1.165) is 24.2 Å². The second kappa shape index (κ2) is 2.48. The molecular formula is C11H12FNO. The van der Waals surface area contributed by atoms with Crippen LogP contribution in [0.2, 0.25) is 0 Å². The SMILES string of the molecule is N[C@H]1C[C@]12CCOc1ccc(F)cc12. The summed E-state index contributed by atoms with van der Waals surface area (Å²) >= 11 is 0. The average Bonchev–Trinajstić information content (AvgIpc) is 2.80. The zero-order valence-corrected chi connectivity index (χ0v) is 7.79. The standard InChI is InChI=1S/C11H12FNO/c12-7-1-2-9-8(5-7)11(3-4-14-9)6-10(11)13/h1-2,5,10H,3-4,6,13H2/t10-,11-/m0/s1. The maximum Gasteiger partial charge on any atom is 0.123 e. The molecule has 2 N–H and O–H groups in total. The Morgan fingerprint density at radius 3 is 3.00 bits per heavy atom. The summed E-state index contributed by atoms with van der Waals surface area (Å²) in [5.74, 6) is 0.610. The summed E-state index contributed by atoms with van der Waals surface area (Å²) in [5.41, 5.74) is 6.91. The van der Waals surface area contributed by atoms with Crippen LogP contribution in [0.25, 0.3) is 0 Å². The van der Waals surface area contributed by atoms with E-state index >= 15 is 0 Å². The highest BCUT2D eigenvalue weighted by molar-refractivity contribution is 5.47. The highest BCUT2D eigenvalue weighted by Gasteiger charge is 2.55. The van der Waals surface area contributed by atoms with Gasteiger partial charge in [-0.2, -0.15) is 0 Å². The lowest BCUT2D eigenvalue weighted by Crippen LogP contribution is -2.26. The first-order valence-corrected chi connectivity index (χ1v) is 4.91. The fraction of sp³-hybridized carbons (Fsp3) is 0.455. The summed E-state index contributed by atoms with van der Waals surface area (Å²) < 4.78 is 18.6. The zero-order valence-electron chi connectivity index (χ0n) is 7.79. The molecule has 14 heavy (non-hydrogen) atoms. The molecule has 2 nitrogen and oxygen atoms in total. The van der Waals surface area contributed by atoms with Gasteiger partial charge in [-0.3, -0.25) is 0 Å². The minimum atomic E-state index is -0.201. The van der Waals surface area contributed by atoms with E-state index in [9.17, 15) is 4.39 Å². The summed E-state index contributed by atoms with van der Waals surface area (Å²) in [6.07, 6.45) is 1.89. The van der Waals surface area contributed by atoms with E-state index < -0.39 is 0 Å². The first kappa shape index (κ1) is 8.24. The van der Waals surface area contributed by atoms with E-state index in [2.05, 4.69) is 0 Å². The predicted octanol–water partition coefficient (Wildman–Crippen LogP) is 1.58. The van der Waals surface area contributed by atoms with Crippen LogP contribution >= 0.6 is 0 Å². The van der Waals surface area contributed by atoms with Crippen LogP contribution in [0.15, 0.2) is 18.2 Å². The molecule has 3 heteroatoms. The molecule has 1 saturated carbocycles. The van der Waals surface area contributed by atoms with Crippen molar-refractivity contribution in [2.75, 3.05) is 6.61 Å². The smallest absolute Gasteiger partial charge is 0.123 e. The Balaban J connectivity index is 2.14. The van der Waals surface area contributed by atoms with Crippen molar-refractivity contribution in [3.63, 3.8) is 0 Å². The molecule has 3 rings (SSSR count). The van der Waals surface area contributed by atoms with Crippen LogP contribution in [0.4, 0.5) is 4.39 Å². The second-order valence-electron chi connectivity index (χ2n) is 4.21. The van der Waals surface area contributed by atoms with E-state index in [-0.39, 0.29) is 17.3 Å². The molecule has 0 radical (unpaired) electrons. The largest absolute Gasteiger partial charge is 0.493 e. The number of halogens is 1. The summed E-state index contributed by atoms with van der Waals surface area (Å²) in [4.78, 5) is 0. The molecule has 0 saturated heterocycles. The van der Waals surface area contributed by atoms with E-state index in [0.29, 0.717) is 6.61 Å². The van der Waals surface area contributed by atoms with Crippen LogP contribution in [0, 0.1) is 5.82 Å². The topological polar surface area (TPSA) is 35.2 Å². The third kappa shape index (κ3) is 0.932. The molecule has 1 aliphatic carbocycles. The van der Waals surface area contributed by atoms with Crippen LogP contribution in [-0.2, 0) is 5.41 Å². The van der Waals surface area contributed by atoms with Crippen LogP contribution in [-0.4, -0.2) is 12.6 Å². The van der Waals surface area contributed by atoms with Crippen molar-refractivity contribution in [2.45, 2.75) is 24.3 Å². The van der Waals surface area contributed by atoms with Crippen molar-refractivity contribution >= 4 is 0 Å². The van der Waals surface area contributed by atoms with E-state index in [1.807, 2.05) is 0 Å². The zero-order chi connectivity index (χ0) is 9.76. The lowest BCUT2D eigenvalue weighted by atomic mass is 9.89. The monoisotopic (exact) mass is 193 g/mol. The molecule has 0 amide bonds. The van der Waals surface area contributed by atoms with Gasteiger partial charge in [0.05, 0.1) is 6.61 Å². The molecule has 0 unspecified atom stereocenters. The van der Waals surface area contributed by atoms with Gasteiger partial charge in [-0.25, -0.2) is 4.39 Å². The third-order valence-electron chi connectivity index (χ3n) is 3.42. The van der Waals surface area contributed by atoms with E-state index in [1.165, 1.54) is 6.07 Å².